The molecule has 1 fully saturated rings. The van der Waals surface area contributed by atoms with Gasteiger partial charge in [-0.1, -0.05) is 12.2 Å². The number of hydrogen-bond acceptors (Lipinski definition) is 3. The Morgan fingerprint density at radius 3 is 3.07 bits per heavy atom. The molecule has 0 bridgehead atoms. The first-order valence-corrected chi connectivity index (χ1v) is 4.74. The second-order valence-corrected chi connectivity index (χ2v) is 3.58. The van der Waals surface area contributed by atoms with Crippen LogP contribution >= 0.6 is 12.2 Å². The van der Waals surface area contributed by atoms with Crippen molar-refractivity contribution in [1.82, 2.24) is 4.57 Å². The number of carbonyl (C=O) groups excluding carboxylic acids is 1. The van der Waals surface area contributed by atoms with Crippen molar-refractivity contribution in [1.29, 1.82) is 0 Å². The summed E-state index contributed by atoms with van der Waals surface area (Å²) in [7, 11) is 0. The first kappa shape index (κ1) is 9.21. The number of nitrogens with zero attached hydrogens (tertiary/aromatic N) is 1. The maximum atomic E-state index is 11.3. The Balaban J connectivity index is 2.35. The van der Waals surface area contributed by atoms with E-state index in [2.05, 4.69) is 0 Å². The highest BCUT2D eigenvalue weighted by atomic mass is 32.1. The Hall–Kier alpha value is -1.36. The van der Waals surface area contributed by atoms with Crippen molar-refractivity contribution in [3.63, 3.8) is 0 Å². The summed E-state index contributed by atoms with van der Waals surface area (Å²) < 4.78 is 6.66. The molecule has 5 heteroatoms. The number of ether oxygens (including phenoxy) is 1. The van der Waals surface area contributed by atoms with Gasteiger partial charge in [0.1, 0.15) is 11.0 Å². The van der Waals surface area contributed by atoms with Gasteiger partial charge >= 0.3 is 5.97 Å². The van der Waals surface area contributed by atoms with Gasteiger partial charge in [0.15, 0.2) is 0 Å². The normalized spacial score (nSPS) is 20.9. The number of aromatic nitrogens is 1. The van der Waals surface area contributed by atoms with E-state index in [1.54, 1.807) is 16.8 Å². The largest absolute Gasteiger partial charge is 0.464 e. The smallest absolute Gasteiger partial charge is 0.329 e. The Kier molecular flexibility index (Phi) is 2.25. The van der Waals surface area contributed by atoms with Gasteiger partial charge in [0, 0.05) is 12.6 Å². The van der Waals surface area contributed by atoms with E-state index >= 15 is 0 Å². The molecule has 0 aromatic carbocycles. The van der Waals surface area contributed by atoms with Crippen LogP contribution in [0.2, 0.25) is 0 Å². The number of carbonyl (C=O) groups is 1. The summed E-state index contributed by atoms with van der Waals surface area (Å²) in [6, 6.07) is 3.36. The zero-order valence-corrected chi connectivity index (χ0v) is 8.29. The molecular weight excluding hydrogens is 200 g/mol. The van der Waals surface area contributed by atoms with E-state index in [9.17, 15) is 4.79 Å². The van der Waals surface area contributed by atoms with Crippen LogP contribution in [0.25, 0.3) is 0 Å². The third kappa shape index (κ3) is 1.39. The fraction of sp³-hybridized carbons (Fsp3) is 0.333. The topological polar surface area (TPSA) is 57.2 Å². The fourth-order valence-corrected chi connectivity index (χ4v) is 1.79. The van der Waals surface area contributed by atoms with Crippen LogP contribution < -0.4 is 5.73 Å². The van der Waals surface area contributed by atoms with Crippen molar-refractivity contribution < 1.29 is 9.53 Å². The average Bonchev–Trinajstić information content (AvgIpc) is 2.70. The van der Waals surface area contributed by atoms with E-state index in [0.717, 1.165) is 0 Å². The lowest BCUT2D eigenvalue weighted by atomic mass is 10.2. The Labute approximate surface area is 86.6 Å². The lowest BCUT2D eigenvalue weighted by Gasteiger charge is -2.11. The van der Waals surface area contributed by atoms with Gasteiger partial charge < -0.3 is 15.0 Å². The van der Waals surface area contributed by atoms with Crippen LogP contribution in [0.1, 0.15) is 18.2 Å². The molecular formula is C9H10N2O2S. The van der Waals surface area contributed by atoms with Crippen LogP contribution in [0.3, 0.4) is 0 Å². The zero-order valence-electron chi connectivity index (χ0n) is 7.47. The predicted octanol–water partition coefficient (Wildman–Crippen LogP) is 0.610. The summed E-state index contributed by atoms with van der Waals surface area (Å²) >= 11 is 4.88. The van der Waals surface area contributed by atoms with E-state index in [1.807, 2.05) is 6.07 Å². The lowest BCUT2D eigenvalue weighted by Crippen LogP contribution is -2.21. The lowest BCUT2D eigenvalue weighted by molar-refractivity contribution is -0.140. The van der Waals surface area contributed by atoms with Crippen LogP contribution in [-0.4, -0.2) is 22.1 Å². The quantitative estimate of drug-likeness (QED) is 0.574. The van der Waals surface area contributed by atoms with Crippen molar-refractivity contribution >= 4 is 23.2 Å². The molecule has 2 rings (SSSR count). The molecule has 1 aromatic heterocycles. The molecule has 1 aromatic rings. The maximum Gasteiger partial charge on any atom is 0.329 e. The minimum absolute atomic E-state index is 0.210. The maximum absolute atomic E-state index is 11.3. The third-order valence-corrected chi connectivity index (χ3v) is 2.48. The number of cyclic esters (lactones) is 1. The van der Waals surface area contributed by atoms with Crippen LogP contribution in [0.15, 0.2) is 18.3 Å². The van der Waals surface area contributed by atoms with Crippen molar-refractivity contribution in [2.24, 2.45) is 5.73 Å². The number of hydrogen-bond donors (Lipinski definition) is 1. The molecule has 2 N–H and O–H groups in total. The molecule has 74 valence electrons. The van der Waals surface area contributed by atoms with E-state index in [1.165, 1.54) is 0 Å². The highest BCUT2D eigenvalue weighted by Crippen LogP contribution is 2.22. The molecule has 1 aliphatic rings. The Morgan fingerprint density at radius 1 is 1.71 bits per heavy atom. The van der Waals surface area contributed by atoms with E-state index < -0.39 is 0 Å². The first-order chi connectivity index (χ1) is 6.70. The van der Waals surface area contributed by atoms with Gasteiger partial charge in [-0.25, -0.2) is 4.79 Å². The van der Waals surface area contributed by atoms with Crippen molar-refractivity contribution in [2.75, 3.05) is 6.61 Å². The van der Waals surface area contributed by atoms with E-state index in [-0.39, 0.29) is 12.0 Å². The summed E-state index contributed by atoms with van der Waals surface area (Å²) in [5.74, 6) is -0.210. The molecule has 1 atom stereocenters. The molecule has 4 nitrogen and oxygen atoms in total. The summed E-state index contributed by atoms with van der Waals surface area (Å²) in [6.07, 6.45) is 2.48. The van der Waals surface area contributed by atoms with Crippen LogP contribution in [0, 0.1) is 0 Å². The standard InChI is InChI=1S/C9H10N2O2S/c10-8(14)6-2-1-4-11(6)7-3-5-13-9(7)12/h1-2,4,7H,3,5H2,(H2,10,14). The molecule has 0 radical (unpaired) electrons. The zero-order chi connectivity index (χ0) is 10.1. The number of thiocarbonyl (C=S) groups is 1. The molecule has 1 aliphatic heterocycles. The molecule has 14 heavy (non-hydrogen) atoms. The summed E-state index contributed by atoms with van der Waals surface area (Å²) in [5, 5.41) is 0. The van der Waals surface area contributed by atoms with Crippen molar-refractivity contribution in [3.8, 4) is 0 Å². The van der Waals surface area contributed by atoms with Gasteiger partial charge in [-0.15, -0.1) is 0 Å². The van der Waals surface area contributed by atoms with Crippen LogP contribution in [0.5, 0.6) is 0 Å². The van der Waals surface area contributed by atoms with Gasteiger partial charge in [-0.3, -0.25) is 0 Å². The second-order valence-electron chi connectivity index (χ2n) is 3.14. The SMILES string of the molecule is NC(=S)c1cccn1C1CCOC1=O. The summed E-state index contributed by atoms with van der Waals surface area (Å²) in [4.78, 5) is 11.6. The molecule has 0 spiro atoms. The first-order valence-electron chi connectivity index (χ1n) is 4.33. The summed E-state index contributed by atoms with van der Waals surface area (Å²) in [6.45, 7) is 0.471. The van der Waals surface area contributed by atoms with Crippen molar-refractivity contribution in [2.45, 2.75) is 12.5 Å². The monoisotopic (exact) mass is 210 g/mol. The Morgan fingerprint density at radius 2 is 2.50 bits per heavy atom. The van der Waals surface area contributed by atoms with Gasteiger partial charge in [0.05, 0.1) is 12.3 Å². The molecule has 2 heterocycles. The molecule has 1 saturated heterocycles. The van der Waals surface area contributed by atoms with Gasteiger partial charge in [-0.2, -0.15) is 0 Å². The third-order valence-electron chi connectivity index (χ3n) is 2.27. The van der Waals surface area contributed by atoms with Crippen LogP contribution in [0.4, 0.5) is 0 Å². The number of rotatable bonds is 2. The molecule has 1 unspecified atom stereocenters. The summed E-state index contributed by atoms with van der Waals surface area (Å²) in [5.41, 5.74) is 6.24. The highest BCUT2D eigenvalue weighted by molar-refractivity contribution is 7.80. The van der Waals surface area contributed by atoms with E-state index in [0.29, 0.717) is 23.7 Å². The molecule has 0 saturated carbocycles. The van der Waals surface area contributed by atoms with Gasteiger partial charge in [0.25, 0.3) is 0 Å². The Bertz CT molecular complexity index is 386. The average molecular weight is 210 g/mol. The minimum Gasteiger partial charge on any atom is -0.464 e. The van der Waals surface area contributed by atoms with Gasteiger partial charge in [0.2, 0.25) is 0 Å². The minimum atomic E-state index is -0.263. The second kappa shape index (κ2) is 3.42. The number of esters is 1. The van der Waals surface area contributed by atoms with Crippen molar-refractivity contribution in [3.05, 3.63) is 24.0 Å². The van der Waals surface area contributed by atoms with E-state index in [4.69, 9.17) is 22.7 Å². The fourth-order valence-electron chi connectivity index (χ4n) is 1.61. The highest BCUT2D eigenvalue weighted by Gasteiger charge is 2.29. The number of nitrogens with two attached hydrogens (primary N) is 1. The molecule has 0 aliphatic carbocycles. The predicted molar refractivity (Wildman–Crippen MR) is 54.9 cm³/mol. The van der Waals surface area contributed by atoms with Crippen LogP contribution in [-0.2, 0) is 9.53 Å². The molecule has 0 amide bonds. The van der Waals surface area contributed by atoms with Gasteiger partial charge in [-0.05, 0) is 12.1 Å².